The Morgan fingerprint density at radius 3 is 2.43 bits per heavy atom. The van der Waals surface area contributed by atoms with E-state index in [0.717, 1.165) is 11.1 Å². The second-order valence-corrected chi connectivity index (χ2v) is 6.40. The summed E-state index contributed by atoms with van der Waals surface area (Å²) < 4.78 is 6.54. The molecule has 0 fully saturated rings. The number of amides is 1. The summed E-state index contributed by atoms with van der Waals surface area (Å²) in [5.41, 5.74) is 2.30. The van der Waals surface area contributed by atoms with Gasteiger partial charge in [0.15, 0.2) is 11.4 Å². The second-order valence-electron chi connectivity index (χ2n) is 6.40. The van der Waals surface area contributed by atoms with Gasteiger partial charge in [-0.2, -0.15) is 9.78 Å². The molecule has 3 rings (SSSR count). The topological polar surface area (TPSA) is 64.4 Å². The molecule has 0 bridgehead atoms. The molecule has 0 saturated carbocycles. The standard InChI is InChI=1S/C22H23N3O3/c1-4-24(15-17-11-6-5-7-12-17)22(27)21-19(28-3)14-20(26)25(23-21)18-13-9-8-10-16(18)2/h5-14H,4,15H2,1-3H3. The van der Waals surface area contributed by atoms with E-state index >= 15 is 0 Å². The normalized spacial score (nSPS) is 10.5. The number of hydrogen-bond acceptors (Lipinski definition) is 4. The Labute approximate surface area is 164 Å². The molecule has 1 heterocycles. The molecule has 0 aliphatic heterocycles. The van der Waals surface area contributed by atoms with Crippen LogP contribution in [0.1, 0.15) is 28.5 Å². The molecule has 1 amide bonds. The smallest absolute Gasteiger partial charge is 0.278 e. The van der Waals surface area contributed by atoms with Crippen LogP contribution in [0.5, 0.6) is 5.75 Å². The predicted molar refractivity (Wildman–Crippen MR) is 108 cm³/mol. The molecule has 6 nitrogen and oxygen atoms in total. The van der Waals surface area contributed by atoms with Gasteiger partial charge in [0, 0.05) is 13.1 Å². The molecular formula is C22H23N3O3. The summed E-state index contributed by atoms with van der Waals surface area (Å²) in [6.07, 6.45) is 0. The summed E-state index contributed by atoms with van der Waals surface area (Å²) in [6.45, 7) is 4.75. The maximum Gasteiger partial charge on any atom is 0.278 e. The van der Waals surface area contributed by atoms with Crippen molar-refractivity contribution in [3.8, 4) is 11.4 Å². The van der Waals surface area contributed by atoms with Crippen LogP contribution >= 0.6 is 0 Å². The Balaban J connectivity index is 2.04. The third-order valence-corrected chi connectivity index (χ3v) is 4.55. The largest absolute Gasteiger partial charge is 0.494 e. The first-order chi connectivity index (χ1) is 13.5. The first kappa shape index (κ1) is 19.4. The van der Waals surface area contributed by atoms with Gasteiger partial charge in [-0.15, -0.1) is 0 Å². The Morgan fingerprint density at radius 2 is 1.79 bits per heavy atom. The first-order valence-corrected chi connectivity index (χ1v) is 9.12. The molecule has 0 atom stereocenters. The highest BCUT2D eigenvalue weighted by Gasteiger charge is 2.23. The molecule has 0 spiro atoms. The summed E-state index contributed by atoms with van der Waals surface area (Å²) in [5.74, 6) is -0.114. The molecule has 0 N–H and O–H groups in total. The monoisotopic (exact) mass is 377 g/mol. The summed E-state index contributed by atoms with van der Waals surface area (Å²) in [6, 6.07) is 18.5. The van der Waals surface area contributed by atoms with Crippen LogP contribution < -0.4 is 10.3 Å². The number of ether oxygens (including phenoxy) is 1. The van der Waals surface area contributed by atoms with Crippen LogP contribution in [0.3, 0.4) is 0 Å². The van der Waals surface area contributed by atoms with Gasteiger partial charge in [-0.1, -0.05) is 48.5 Å². The fraction of sp³-hybridized carbons (Fsp3) is 0.227. The van der Waals surface area contributed by atoms with E-state index in [9.17, 15) is 9.59 Å². The minimum atomic E-state index is -0.353. The minimum absolute atomic E-state index is 0.114. The van der Waals surface area contributed by atoms with Crippen LogP contribution in [-0.4, -0.2) is 34.2 Å². The Bertz CT molecular complexity index is 1030. The highest BCUT2D eigenvalue weighted by molar-refractivity contribution is 5.94. The molecule has 1 aromatic heterocycles. The quantitative estimate of drug-likeness (QED) is 0.662. The zero-order valence-electron chi connectivity index (χ0n) is 16.3. The number of para-hydroxylation sites is 1. The maximum atomic E-state index is 13.2. The van der Waals surface area contributed by atoms with Gasteiger partial charge in [-0.05, 0) is 31.0 Å². The lowest BCUT2D eigenvalue weighted by molar-refractivity contribution is 0.0740. The number of rotatable bonds is 6. The van der Waals surface area contributed by atoms with Gasteiger partial charge in [0.05, 0.1) is 18.9 Å². The predicted octanol–water partition coefficient (Wildman–Crippen LogP) is 3.21. The third kappa shape index (κ3) is 3.96. The van der Waals surface area contributed by atoms with E-state index in [1.54, 1.807) is 11.0 Å². The van der Waals surface area contributed by atoms with Gasteiger partial charge < -0.3 is 9.64 Å². The zero-order chi connectivity index (χ0) is 20.1. The molecule has 0 aliphatic carbocycles. The minimum Gasteiger partial charge on any atom is -0.494 e. The van der Waals surface area contributed by atoms with Crippen molar-refractivity contribution >= 4 is 5.91 Å². The number of carbonyl (C=O) groups excluding carboxylic acids is 1. The molecule has 2 aromatic carbocycles. The van der Waals surface area contributed by atoms with Gasteiger partial charge in [0.25, 0.3) is 11.5 Å². The Hall–Kier alpha value is -3.41. The lowest BCUT2D eigenvalue weighted by Gasteiger charge is -2.22. The lowest BCUT2D eigenvalue weighted by Crippen LogP contribution is -2.34. The number of aryl methyl sites for hydroxylation is 1. The fourth-order valence-corrected chi connectivity index (χ4v) is 3.00. The summed E-state index contributed by atoms with van der Waals surface area (Å²) in [5, 5.41) is 4.37. The number of hydrogen-bond donors (Lipinski definition) is 0. The molecule has 0 saturated heterocycles. The molecule has 28 heavy (non-hydrogen) atoms. The number of benzene rings is 2. The van der Waals surface area contributed by atoms with Crippen molar-refractivity contribution in [2.45, 2.75) is 20.4 Å². The van der Waals surface area contributed by atoms with Crippen LogP contribution in [0.2, 0.25) is 0 Å². The average Bonchev–Trinajstić information content (AvgIpc) is 2.72. The van der Waals surface area contributed by atoms with Crippen molar-refractivity contribution in [2.75, 3.05) is 13.7 Å². The fourth-order valence-electron chi connectivity index (χ4n) is 3.00. The van der Waals surface area contributed by atoms with E-state index in [1.807, 2.05) is 62.4 Å². The van der Waals surface area contributed by atoms with Crippen LogP contribution in [-0.2, 0) is 6.54 Å². The lowest BCUT2D eigenvalue weighted by atomic mass is 10.2. The van der Waals surface area contributed by atoms with E-state index in [1.165, 1.54) is 17.9 Å². The molecule has 144 valence electrons. The van der Waals surface area contributed by atoms with Gasteiger partial charge in [-0.25, -0.2) is 0 Å². The third-order valence-electron chi connectivity index (χ3n) is 4.55. The molecule has 0 unspecified atom stereocenters. The van der Waals surface area contributed by atoms with Crippen LogP contribution in [0.15, 0.2) is 65.5 Å². The number of aromatic nitrogens is 2. The van der Waals surface area contributed by atoms with Crippen molar-refractivity contribution in [1.29, 1.82) is 0 Å². The highest BCUT2D eigenvalue weighted by atomic mass is 16.5. The van der Waals surface area contributed by atoms with Gasteiger partial charge >= 0.3 is 0 Å². The highest BCUT2D eigenvalue weighted by Crippen LogP contribution is 2.19. The summed E-state index contributed by atoms with van der Waals surface area (Å²) >= 11 is 0. The second kappa shape index (κ2) is 8.52. The molecule has 0 radical (unpaired) electrons. The van der Waals surface area contributed by atoms with E-state index in [2.05, 4.69) is 5.10 Å². The maximum absolute atomic E-state index is 13.2. The van der Waals surface area contributed by atoms with Crippen molar-refractivity contribution in [1.82, 2.24) is 14.7 Å². The van der Waals surface area contributed by atoms with Crippen LogP contribution in [0, 0.1) is 6.92 Å². The van der Waals surface area contributed by atoms with E-state index in [-0.39, 0.29) is 22.9 Å². The molecule has 6 heteroatoms. The molecule has 0 aliphatic rings. The van der Waals surface area contributed by atoms with Crippen molar-refractivity contribution in [3.05, 3.63) is 87.8 Å². The summed E-state index contributed by atoms with van der Waals surface area (Å²) in [4.78, 5) is 27.4. The molecule has 3 aromatic rings. The number of nitrogens with zero attached hydrogens (tertiary/aromatic N) is 3. The number of methoxy groups -OCH3 is 1. The van der Waals surface area contributed by atoms with Gasteiger partial charge in [0.1, 0.15) is 0 Å². The van der Waals surface area contributed by atoms with Crippen LogP contribution in [0.25, 0.3) is 5.69 Å². The SMILES string of the molecule is CCN(Cc1ccccc1)C(=O)c1nn(-c2ccccc2C)c(=O)cc1OC. The molecular weight excluding hydrogens is 354 g/mol. The van der Waals surface area contributed by atoms with Crippen LogP contribution in [0.4, 0.5) is 0 Å². The number of carbonyl (C=O) groups is 1. The van der Waals surface area contributed by atoms with Crippen molar-refractivity contribution in [3.63, 3.8) is 0 Å². The Kier molecular flexibility index (Phi) is 5.89. The first-order valence-electron chi connectivity index (χ1n) is 9.12. The average molecular weight is 377 g/mol. The van der Waals surface area contributed by atoms with Crippen molar-refractivity contribution in [2.24, 2.45) is 0 Å². The van der Waals surface area contributed by atoms with Gasteiger partial charge in [0.2, 0.25) is 0 Å². The van der Waals surface area contributed by atoms with E-state index in [4.69, 9.17) is 4.74 Å². The Morgan fingerprint density at radius 1 is 1.11 bits per heavy atom. The van der Waals surface area contributed by atoms with Gasteiger partial charge in [-0.3, -0.25) is 9.59 Å². The zero-order valence-corrected chi connectivity index (χ0v) is 16.3. The van der Waals surface area contributed by atoms with E-state index in [0.29, 0.717) is 18.8 Å². The summed E-state index contributed by atoms with van der Waals surface area (Å²) in [7, 11) is 1.43. The van der Waals surface area contributed by atoms with Crippen molar-refractivity contribution < 1.29 is 9.53 Å². The van der Waals surface area contributed by atoms with E-state index < -0.39 is 0 Å².